The van der Waals surface area contributed by atoms with Crippen molar-refractivity contribution in [2.24, 2.45) is 5.92 Å². The second-order valence-electron chi connectivity index (χ2n) is 9.60. The summed E-state index contributed by atoms with van der Waals surface area (Å²) in [6.45, 7) is 9.27. The van der Waals surface area contributed by atoms with Gasteiger partial charge in [-0.15, -0.1) is 11.3 Å². The Morgan fingerprint density at radius 3 is 2.73 bits per heavy atom. The molecule has 1 aliphatic heterocycles. The van der Waals surface area contributed by atoms with E-state index in [2.05, 4.69) is 55.1 Å². The molecule has 30 heavy (non-hydrogen) atoms. The summed E-state index contributed by atoms with van der Waals surface area (Å²) >= 11 is 1.66. The summed E-state index contributed by atoms with van der Waals surface area (Å²) in [7, 11) is 0. The van der Waals surface area contributed by atoms with E-state index in [0.29, 0.717) is 19.0 Å². The van der Waals surface area contributed by atoms with Gasteiger partial charge in [-0.2, -0.15) is 0 Å². The number of hydrogen-bond donors (Lipinski definition) is 1. The first-order chi connectivity index (χ1) is 14.3. The molecule has 7 heteroatoms. The maximum atomic E-state index is 11.7. The number of ether oxygens (including phenoxy) is 1. The van der Waals surface area contributed by atoms with Crippen molar-refractivity contribution in [3.63, 3.8) is 0 Å². The zero-order valence-electron chi connectivity index (χ0n) is 17.9. The van der Waals surface area contributed by atoms with Crippen molar-refractivity contribution < 1.29 is 9.53 Å². The normalized spacial score (nSPS) is 20.5. The minimum Gasteiger partial charge on any atom is -0.488 e. The van der Waals surface area contributed by atoms with Crippen molar-refractivity contribution in [1.82, 2.24) is 19.9 Å². The maximum absolute atomic E-state index is 11.7. The third-order valence-electron chi connectivity index (χ3n) is 6.08. The van der Waals surface area contributed by atoms with Gasteiger partial charge in [-0.25, -0.2) is 9.97 Å². The Balaban J connectivity index is 1.55. The van der Waals surface area contributed by atoms with Gasteiger partial charge in [-0.3, -0.25) is 4.79 Å². The van der Waals surface area contributed by atoms with E-state index in [4.69, 9.17) is 14.7 Å². The highest BCUT2D eigenvalue weighted by atomic mass is 32.1. The van der Waals surface area contributed by atoms with E-state index in [1.54, 1.807) is 11.3 Å². The maximum Gasteiger partial charge on any atom is 0.220 e. The second kappa shape index (κ2) is 7.08. The zero-order chi connectivity index (χ0) is 21.0. The molecule has 2 atom stereocenters. The van der Waals surface area contributed by atoms with Crippen molar-refractivity contribution in [3.8, 4) is 16.3 Å². The Kier molecular flexibility index (Phi) is 4.61. The van der Waals surface area contributed by atoms with Gasteiger partial charge in [0.05, 0.1) is 17.5 Å². The van der Waals surface area contributed by atoms with Gasteiger partial charge in [0, 0.05) is 41.3 Å². The average molecular weight is 425 g/mol. The molecular formula is C23H28N4O2S. The number of nitrogens with zero attached hydrogens (tertiary/aromatic N) is 3. The van der Waals surface area contributed by atoms with Crippen molar-refractivity contribution in [1.29, 1.82) is 0 Å². The molecule has 0 bridgehead atoms. The topological polar surface area (TPSA) is 69.0 Å². The van der Waals surface area contributed by atoms with Gasteiger partial charge in [-0.1, -0.05) is 20.8 Å². The van der Waals surface area contributed by atoms with Gasteiger partial charge >= 0.3 is 0 Å². The molecule has 1 unspecified atom stereocenters. The molecule has 158 valence electrons. The number of aromatic nitrogens is 3. The second-order valence-corrected chi connectivity index (χ2v) is 10.5. The molecule has 0 radical (unpaired) electrons. The van der Waals surface area contributed by atoms with Crippen molar-refractivity contribution in [2.45, 2.75) is 64.5 Å². The molecule has 0 spiro atoms. The predicted molar refractivity (Wildman–Crippen MR) is 119 cm³/mol. The van der Waals surface area contributed by atoms with E-state index in [1.807, 2.05) is 6.33 Å². The third kappa shape index (κ3) is 3.60. The number of fused-ring (bicyclic) bond motifs is 1. The van der Waals surface area contributed by atoms with Crippen LogP contribution in [-0.2, 0) is 10.2 Å². The number of thiazole rings is 1. The first-order valence-electron chi connectivity index (χ1n) is 10.7. The molecule has 2 fully saturated rings. The van der Waals surface area contributed by atoms with Crippen LogP contribution in [0.15, 0.2) is 23.8 Å². The van der Waals surface area contributed by atoms with E-state index in [-0.39, 0.29) is 23.3 Å². The number of benzene rings is 1. The molecule has 5 rings (SSSR count). The van der Waals surface area contributed by atoms with Gasteiger partial charge in [-0.05, 0) is 31.9 Å². The summed E-state index contributed by atoms with van der Waals surface area (Å²) in [6.07, 6.45) is 4.77. The standard InChI is InChI=1S/C23H28N4O2S/c1-13(15-9-20(28)24-10-15)29-18-8-14(22-26-19(11-30-22)23(2,3)4)7-17-21(18)27(12-25-17)16-5-6-16/h7-8,11-13,15-16H,5-6,9-10H2,1-4H3,(H,24,28)/t13-,15?/m1/s1. The molecule has 3 aromatic rings. The molecule has 1 amide bonds. The van der Waals surface area contributed by atoms with E-state index < -0.39 is 0 Å². The number of carbonyl (C=O) groups excluding carboxylic acids is 1. The summed E-state index contributed by atoms with van der Waals surface area (Å²) in [5.41, 5.74) is 4.14. The van der Waals surface area contributed by atoms with Gasteiger partial charge in [0.25, 0.3) is 0 Å². The number of imidazole rings is 1. The van der Waals surface area contributed by atoms with Crippen LogP contribution >= 0.6 is 11.3 Å². The molecule has 1 saturated heterocycles. The molecule has 3 heterocycles. The van der Waals surface area contributed by atoms with E-state index in [1.165, 1.54) is 12.8 Å². The summed E-state index contributed by atoms with van der Waals surface area (Å²) in [6, 6.07) is 4.74. The number of nitrogens with one attached hydrogen (secondary N) is 1. The molecule has 2 aliphatic rings. The summed E-state index contributed by atoms with van der Waals surface area (Å²) in [5, 5.41) is 6.04. The monoisotopic (exact) mass is 424 g/mol. The van der Waals surface area contributed by atoms with E-state index in [0.717, 1.165) is 33.0 Å². The smallest absolute Gasteiger partial charge is 0.220 e. The SMILES string of the molecule is C[C@@H](Oc1cc(-c2nc(C(C)(C)C)cs2)cc2ncn(C3CC3)c12)C1CNC(=O)C1. The van der Waals surface area contributed by atoms with Crippen LogP contribution in [0, 0.1) is 5.92 Å². The lowest BCUT2D eigenvalue weighted by atomic mass is 9.93. The van der Waals surface area contributed by atoms with Crippen molar-refractivity contribution in [2.75, 3.05) is 6.54 Å². The van der Waals surface area contributed by atoms with Gasteiger partial charge in [0.15, 0.2) is 0 Å². The first kappa shape index (κ1) is 19.5. The Morgan fingerprint density at radius 1 is 1.30 bits per heavy atom. The molecular weight excluding hydrogens is 396 g/mol. The molecule has 1 aromatic carbocycles. The van der Waals surface area contributed by atoms with Crippen molar-refractivity contribution in [3.05, 3.63) is 29.5 Å². The van der Waals surface area contributed by atoms with Crippen LogP contribution in [-0.4, -0.2) is 33.1 Å². The van der Waals surface area contributed by atoms with Gasteiger partial charge in [0.1, 0.15) is 22.4 Å². The Morgan fingerprint density at radius 2 is 2.10 bits per heavy atom. The Hall–Kier alpha value is -2.41. The summed E-state index contributed by atoms with van der Waals surface area (Å²) in [5.74, 6) is 1.13. The van der Waals surface area contributed by atoms with E-state index in [9.17, 15) is 4.79 Å². The molecule has 2 aromatic heterocycles. The molecule has 1 N–H and O–H groups in total. The van der Waals surface area contributed by atoms with Crippen LogP contribution in [0.4, 0.5) is 0 Å². The fraction of sp³-hybridized carbons (Fsp3) is 0.522. The first-order valence-corrected chi connectivity index (χ1v) is 11.6. The predicted octanol–water partition coefficient (Wildman–Crippen LogP) is 4.70. The van der Waals surface area contributed by atoms with Crippen LogP contribution in [0.1, 0.15) is 58.7 Å². The number of hydrogen-bond acceptors (Lipinski definition) is 5. The minimum absolute atomic E-state index is 0.0161. The summed E-state index contributed by atoms with van der Waals surface area (Å²) in [4.78, 5) is 21.3. The highest BCUT2D eigenvalue weighted by Gasteiger charge is 2.31. The Labute approximate surface area is 180 Å². The summed E-state index contributed by atoms with van der Waals surface area (Å²) < 4.78 is 8.75. The molecule has 1 saturated carbocycles. The number of amides is 1. The number of carbonyl (C=O) groups is 1. The lowest BCUT2D eigenvalue weighted by Crippen LogP contribution is -2.25. The lowest BCUT2D eigenvalue weighted by Gasteiger charge is -2.21. The number of rotatable bonds is 5. The van der Waals surface area contributed by atoms with Gasteiger partial charge in [0.2, 0.25) is 5.91 Å². The highest BCUT2D eigenvalue weighted by molar-refractivity contribution is 7.13. The molecule has 6 nitrogen and oxygen atoms in total. The van der Waals surface area contributed by atoms with Crippen LogP contribution < -0.4 is 10.1 Å². The minimum atomic E-state index is -0.0635. The zero-order valence-corrected chi connectivity index (χ0v) is 18.8. The quantitative estimate of drug-likeness (QED) is 0.645. The van der Waals surface area contributed by atoms with Crippen LogP contribution in [0.25, 0.3) is 21.6 Å². The highest BCUT2D eigenvalue weighted by Crippen LogP contribution is 2.42. The fourth-order valence-electron chi connectivity index (χ4n) is 3.98. The average Bonchev–Trinajstić information content (AvgIpc) is 3.10. The fourth-order valence-corrected chi connectivity index (χ4v) is 5.02. The largest absolute Gasteiger partial charge is 0.488 e. The van der Waals surface area contributed by atoms with Crippen molar-refractivity contribution >= 4 is 28.3 Å². The molecule has 1 aliphatic carbocycles. The van der Waals surface area contributed by atoms with Gasteiger partial charge < -0.3 is 14.6 Å². The van der Waals surface area contributed by atoms with Crippen LogP contribution in [0.5, 0.6) is 5.75 Å². The lowest BCUT2D eigenvalue weighted by molar-refractivity contribution is -0.119. The van der Waals surface area contributed by atoms with Crippen LogP contribution in [0.2, 0.25) is 0 Å². The van der Waals surface area contributed by atoms with Crippen LogP contribution in [0.3, 0.4) is 0 Å². The van der Waals surface area contributed by atoms with E-state index >= 15 is 0 Å². The third-order valence-corrected chi connectivity index (χ3v) is 6.97. The Bertz CT molecular complexity index is 1110.